The van der Waals surface area contributed by atoms with Gasteiger partial charge in [-0.3, -0.25) is 4.79 Å². The summed E-state index contributed by atoms with van der Waals surface area (Å²) in [4.78, 5) is 20.2. The maximum Gasteiger partial charge on any atom is 0.265 e. The molecule has 4 rings (SSSR count). The molecular weight excluding hydrogens is 399 g/mol. The van der Waals surface area contributed by atoms with Gasteiger partial charge in [-0.25, -0.2) is 9.37 Å². The molecular formula is C20H14ClFN4O3. The molecule has 2 heterocycles. The van der Waals surface area contributed by atoms with Crippen molar-refractivity contribution in [2.75, 3.05) is 6.61 Å². The van der Waals surface area contributed by atoms with Crippen LogP contribution in [0.25, 0.3) is 22.4 Å². The number of nitrogens with zero attached hydrogens (tertiary/aromatic N) is 3. The number of ether oxygens (including phenoxy) is 1. The Morgan fingerprint density at radius 1 is 1.17 bits per heavy atom. The zero-order valence-corrected chi connectivity index (χ0v) is 15.7. The maximum absolute atomic E-state index is 13.6. The number of halogens is 2. The van der Waals surface area contributed by atoms with Crippen LogP contribution in [0, 0.1) is 5.82 Å². The number of carbonyl (C=O) groups excluding carboxylic acids is 1. The summed E-state index contributed by atoms with van der Waals surface area (Å²) in [7, 11) is 0. The fraction of sp³-hybridized carbons (Fsp3) is 0.100. The summed E-state index contributed by atoms with van der Waals surface area (Å²) in [5, 5.41) is 7.68. The van der Waals surface area contributed by atoms with Crippen LogP contribution in [0.15, 0.2) is 59.4 Å². The molecule has 2 aromatic carbocycles. The topological polar surface area (TPSA) is 90.1 Å². The van der Waals surface area contributed by atoms with E-state index >= 15 is 0 Å². The standard InChI is InChI=1S/C20H14ClFN4O3/c21-14-6-4-12(5-7-14)9-23-16(27)10-28-19-17-18(13-2-1-3-15(22)8-13)26-29-20(17)25-11-24-19/h1-8,11H,9-10H2,(H,23,27). The van der Waals surface area contributed by atoms with Crippen LogP contribution < -0.4 is 10.1 Å². The Morgan fingerprint density at radius 3 is 2.79 bits per heavy atom. The summed E-state index contributed by atoms with van der Waals surface area (Å²) >= 11 is 5.84. The molecule has 7 nitrogen and oxygen atoms in total. The quantitative estimate of drug-likeness (QED) is 0.518. The molecule has 2 aromatic heterocycles. The van der Waals surface area contributed by atoms with Crippen LogP contribution in [-0.4, -0.2) is 27.6 Å². The van der Waals surface area contributed by atoms with Crippen molar-refractivity contribution < 1.29 is 18.4 Å². The summed E-state index contributed by atoms with van der Waals surface area (Å²) in [6, 6.07) is 13.0. The maximum atomic E-state index is 13.6. The second kappa shape index (κ2) is 8.24. The highest BCUT2D eigenvalue weighted by molar-refractivity contribution is 6.30. The van der Waals surface area contributed by atoms with E-state index in [-0.39, 0.29) is 24.1 Å². The van der Waals surface area contributed by atoms with Gasteiger partial charge >= 0.3 is 0 Å². The Hall–Kier alpha value is -3.52. The molecule has 0 saturated heterocycles. The Labute approximate surface area is 169 Å². The molecule has 29 heavy (non-hydrogen) atoms. The third-order valence-corrected chi connectivity index (χ3v) is 4.33. The molecule has 4 aromatic rings. The predicted molar refractivity (Wildman–Crippen MR) is 104 cm³/mol. The van der Waals surface area contributed by atoms with Crippen molar-refractivity contribution in [2.24, 2.45) is 0 Å². The van der Waals surface area contributed by atoms with Crippen LogP contribution in [0.1, 0.15) is 5.56 Å². The van der Waals surface area contributed by atoms with E-state index in [0.29, 0.717) is 28.2 Å². The van der Waals surface area contributed by atoms with E-state index in [2.05, 4.69) is 20.4 Å². The van der Waals surface area contributed by atoms with Gasteiger partial charge in [-0.1, -0.05) is 41.0 Å². The lowest BCUT2D eigenvalue weighted by molar-refractivity contribution is -0.123. The monoisotopic (exact) mass is 412 g/mol. The number of aromatic nitrogens is 3. The van der Waals surface area contributed by atoms with Gasteiger partial charge in [0.05, 0.1) is 0 Å². The van der Waals surface area contributed by atoms with Gasteiger partial charge in [0.1, 0.15) is 23.2 Å². The molecule has 0 spiro atoms. The van der Waals surface area contributed by atoms with Crippen molar-refractivity contribution in [3.8, 4) is 17.1 Å². The van der Waals surface area contributed by atoms with Gasteiger partial charge in [-0.05, 0) is 29.8 Å². The Morgan fingerprint density at radius 2 is 2.00 bits per heavy atom. The first kappa shape index (κ1) is 18.8. The highest BCUT2D eigenvalue weighted by atomic mass is 35.5. The van der Waals surface area contributed by atoms with Crippen LogP contribution in [0.2, 0.25) is 5.02 Å². The summed E-state index contributed by atoms with van der Waals surface area (Å²) in [6.45, 7) is 0.0633. The average molecular weight is 413 g/mol. The molecule has 146 valence electrons. The van der Waals surface area contributed by atoms with E-state index < -0.39 is 5.82 Å². The van der Waals surface area contributed by atoms with Gasteiger partial charge in [0.2, 0.25) is 5.88 Å². The van der Waals surface area contributed by atoms with E-state index in [1.165, 1.54) is 18.5 Å². The fourth-order valence-electron chi connectivity index (χ4n) is 2.69. The van der Waals surface area contributed by atoms with Crippen molar-refractivity contribution in [3.05, 3.63) is 71.3 Å². The van der Waals surface area contributed by atoms with E-state index in [1.54, 1.807) is 24.3 Å². The van der Waals surface area contributed by atoms with Gasteiger partial charge in [-0.15, -0.1) is 0 Å². The number of benzene rings is 2. The summed E-state index contributed by atoms with van der Waals surface area (Å²) in [5.74, 6) is -0.632. The number of carbonyl (C=O) groups is 1. The first-order valence-electron chi connectivity index (χ1n) is 8.60. The largest absolute Gasteiger partial charge is 0.467 e. The molecule has 0 bridgehead atoms. The molecule has 0 aliphatic rings. The van der Waals surface area contributed by atoms with Crippen molar-refractivity contribution >= 4 is 28.6 Å². The van der Waals surface area contributed by atoms with Crippen LogP contribution in [0.3, 0.4) is 0 Å². The number of hydrogen-bond acceptors (Lipinski definition) is 6. The molecule has 1 amide bonds. The highest BCUT2D eigenvalue weighted by Crippen LogP contribution is 2.32. The number of fused-ring (bicyclic) bond motifs is 1. The van der Waals surface area contributed by atoms with Gasteiger partial charge in [0, 0.05) is 17.1 Å². The molecule has 0 saturated carbocycles. The molecule has 0 aliphatic carbocycles. The van der Waals surface area contributed by atoms with Gasteiger partial charge < -0.3 is 14.6 Å². The molecule has 0 atom stereocenters. The third kappa shape index (κ3) is 4.33. The Bertz CT molecular complexity index is 1160. The molecule has 0 radical (unpaired) electrons. The van der Waals surface area contributed by atoms with Crippen molar-refractivity contribution in [1.29, 1.82) is 0 Å². The molecule has 0 unspecified atom stereocenters. The van der Waals surface area contributed by atoms with E-state index in [4.69, 9.17) is 20.9 Å². The number of amides is 1. The van der Waals surface area contributed by atoms with E-state index in [9.17, 15) is 9.18 Å². The smallest absolute Gasteiger partial charge is 0.265 e. The number of nitrogens with one attached hydrogen (secondary N) is 1. The molecule has 0 aliphatic heterocycles. The zero-order chi connectivity index (χ0) is 20.2. The first-order chi connectivity index (χ1) is 14.1. The van der Waals surface area contributed by atoms with Gasteiger partial charge in [0.25, 0.3) is 11.6 Å². The van der Waals surface area contributed by atoms with E-state index in [1.807, 2.05) is 12.1 Å². The van der Waals surface area contributed by atoms with Crippen LogP contribution in [-0.2, 0) is 11.3 Å². The summed E-state index contributed by atoms with van der Waals surface area (Å²) in [6.07, 6.45) is 1.24. The second-order valence-electron chi connectivity index (χ2n) is 6.09. The molecule has 1 N–H and O–H groups in total. The van der Waals surface area contributed by atoms with Crippen molar-refractivity contribution in [2.45, 2.75) is 6.54 Å². The lowest BCUT2D eigenvalue weighted by atomic mass is 10.1. The minimum absolute atomic E-state index is 0.122. The minimum Gasteiger partial charge on any atom is -0.467 e. The lowest BCUT2D eigenvalue weighted by Crippen LogP contribution is -2.28. The molecule has 0 fully saturated rings. The van der Waals surface area contributed by atoms with Crippen LogP contribution in [0.5, 0.6) is 5.88 Å². The third-order valence-electron chi connectivity index (χ3n) is 4.08. The first-order valence-corrected chi connectivity index (χ1v) is 8.98. The summed E-state index contributed by atoms with van der Waals surface area (Å²) < 4.78 is 24.3. The van der Waals surface area contributed by atoms with Crippen LogP contribution in [0.4, 0.5) is 4.39 Å². The summed E-state index contributed by atoms with van der Waals surface area (Å²) in [5.41, 5.74) is 1.89. The lowest BCUT2D eigenvalue weighted by Gasteiger charge is -2.08. The molecule has 9 heteroatoms. The highest BCUT2D eigenvalue weighted by Gasteiger charge is 2.19. The van der Waals surface area contributed by atoms with Gasteiger partial charge in [0.15, 0.2) is 6.61 Å². The zero-order valence-electron chi connectivity index (χ0n) is 14.9. The van der Waals surface area contributed by atoms with Crippen molar-refractivity contribution in [3.63, 3.8) is 0 Å². The van der Waals surface area contributed by atoms with Crippen molar-refractivity contribution in [1.82, 2.24) is 20.4 Å². The fourth-order valence-corrected chi connectivity index (χ4v) is 2.82. The minimum atomic E-state index is -0.417. The average Bonchev–Trinajstić information content (AvgIpc) is 3.17. The normalized spacial score (nSPS) is 10.8. The SMILES string of the molecule is O=C(COc1ncnc2onc(-c3cccc(F)c3)c12)NCc1ccc(Cl)cc1. The van der Waals surface area contributed by atoms with Gasteiger partial charge in [-0.2, -0.15) is 4.98 Å². The predicted octanol–water partition coefficient (Wildman–Crippen LogP) is 3.77. The number of hydrogen-bond donors (Lipinski definition) is 1. The number of rotatable bonds is 6. The second-order valence-corrected chi connectivity index (χ2v) is 6.53. The Kier molecular flexibility index (Phi) is 5.35. The Balaban J connectivity index is 1.48. The van der Waals surface area contributed by atoms with E-state index in [0.717, 1.165) is 5.56 Å². The van der Waals surface area contributed by atoms with Crippen LogP contribution >= 0.6 is 11.6 Å².